The highest BCUT2D eigenvalue weighted by Crippen LogP contribution is 2.21. The molecule has 1 saturated heterocycles. The molecule has 0 atom stereocenters. The van der Waals surface area contributed by atoms with Crippen LogP contribution in [0.25, 0.3) is 0 Å². The fraction of sp³-hybridized carbons (Fsp3) is 0.500. The molecule has 0 bridgehead atoms. The Balaban J connectivity index is 1.95. The topological polar surface area (TPSA) is 18.5 Å². The van der Waals surface area contributed by atoms with Crippen LogP contribution in [0.15, 0.2) is 18.2 Å². The SMILES string of the molecule is Fc1ccc(C#CCCCl)cc1OCC1CCOCC1. The third kappa shape index (κ3) is 4.70. The molecular weight excluding hydrogens is 279 g/mol. The van der Waals surface area contributed by atoms with Crippen LogP contribution in [0.1, 0.15) is 24.8 Å². The average molecular weight is 297 g/mol. The third-order valence-corrected chi connectivity index (χ3v) is 3.39. The lowest BCUT2D eigenvalue weighted by Crippen LogP contribution is -2.21. The first-order valence-electron chi connectivity index (χ1n) is 6.84. The van der Waals surface area contributed by atoms with Crippen LogP contribution in [-0.2, 0) is 4.74 Å². The van der Waals surface area contributed by atoms with Gasteiger partial charge >= 0.3 is 0 Å². The molecule has 0 aromatic heterocycles. The van der Waals surface area contributed by atoms with E-state index in [2.05, 4.69) is 11.8 Å². The van der Waals surface area contributed by atoms with Gasteiger partial charge in [-0.1, -0.05) is 11.8 Å². The largest absolute Gasteiger partial charge is 0.490 e. The van der Waals surface area contributed by atoms with Gasteiger partial charge in [-0.05, 0) is 37.0 Å². The molecule has 0 radical (unpaired) electrons. The van der Waals surface area contributed by atoms with Crippen molar-refractivity contribution < 1.29 is 13.9 Å². The highest BCUT2D eigenvalue weighted by Gasteiger charge is 2.15. The number of benzene rings is 1. The summed E-state index contributed by atoms with van der Waals surface area (Å²) in [5, 5.41) is 0. The Hall–Kier alpha value is -1.24. The number of alkyl halides is 1. The van der Waals surface area contributed by atoms with Crippen molar-refractivity contribution in [1.29, 1.82) is 0 Å². The molecule has 2 nitrogen and oxygen atoms in total. The zero-order valence-electron chi connectivity index (χ0n) is 11.3. The second-order valence-electron chi connectivity index (χ2n) is 4.75. The molecule has 0 aliphatic carbocycles. The van der Waals surface area contributed by atoms with Crippen molar-refractivity contribution in [3.8, 4) is 17.6 Å². The lowest BCUT2D eigenvalue weighted by Gasteiger charge is -2.22. The van der Waals surface area contributed by atoms with Crippen LogP contribution in [-0.4, -0.2) is 25.7 Å². The molecular formula is C16H18ClFO2. The van der Waals surface area contributed by atoms with Crippen molar-refractivity contribution in [2.45, 2.75) is 19.3 Å². The van der Waals surface area contributed by atoms with Gasteiger partial charge in [-0.3, -0.25) is 0 Å². The second kappa shape index (κ2) is 8.14. The van der Waals surface area contributed by atoms with E-state index >= 15 is 0 Å². The molecule has 0 unspecified atom stereocenters. The fourth-order valence-electron chi connectivity index (χ4n) is 2.02. The first-order chi connectivity index (χ1) is 9.79. The summed E-state index contributed by atoms with van der Waals surface area (Å²) in [6.07, 6.45) is 2.56. The van der Waals surface area contributed by atoms with Gasteiger partial charge in [0.05, 0.1) is 6.61 Å². The predicted molar refractivity (Wildman–Crippen MR) is 77.7 cm³/mol. The van der Waals surface area contributed by atoms with E-state index < -0.39 is 0 Å². The first kappa shape index (κ1) is 15.2. The van der Waals surface area contributed by atoms with E-state index in [0.29, 0.717) is 24.8 Å². The van der Waals surface area contributed by atoms with E-state index in [1.54, 1.807) is 12.1 Å². The second-order valence-corrected chi connectivity index (χ2v) is 5.13. The van der Waals surface area contributed by atoms with Gasteiger partial charge in [-0.15, -0.1) is 11.6 Å². The molecule has 0 spiro atoms. The lowest BCUT2D eigenvalue weighted by molar-refractivity contribution is 0.0491. The highest BCUT2D eigenvalue weighted by atomic mass is 35.5. The normalized spacial score (nSPS) is 15.5. The maximum Gasteiger partial charge on any atom is 0.165 e. The molecule has 0 amide bonds. The quantitative estimate of drug-likeness (QED) is 0.624. The van der Waals surface area contributed by atoms with E-state index in [-0.39, 0.29) is 11.6 Å². The van der Waals surface area contributed by atoms with Gasteiger partial charge in [0.25, 0.3) is 0 Å². The van der Waals surface area contributed by atoms with E-state index in [1.807, 2.05) is 0 Å². The van der Waals surface area contributed by atoms with Gasteiger partial charge in [-0.2, -0.15) is 0 Å². The third-order valence-electron chi connectivity index (χ3n) is 3.20. The number of ether oxygens (including phenoxy) is 2. The zero-order valence-corrected chi connectivity index (χ0v) is 12.1. The highest BCUT2D eigenvalue weighted by molar-refractivity contribution is 6.18. The number of rotatable bonds is 4. The summed E-state index contributed by atoms with van der Waals surface area (Å²) < 4.78 is 24.6. The molecule has 1 aromatic rings. The molecule has 1 aromatic carbocycles. The van der Waals surface area contributed by atoms with Gasteiger partial charge < -0.3 is 9.47 Å². The minimum Gasteiger partial charge on any atom is -0.490 e. The fourth-order valence-corrected chi connectivity index (χ4v) is 2.12. The van der Waals surface area contributed by atoms with Crippen molar-refractivity contribution in [3.63, 3.8) is 0 Å². The van der Waals surface area contributed by atoms with Crippen LogP contribution >= 0.6 is 11.6 Å². The number of halogens is 2. The molecule has 4 heteroatoms. The van der Waals surface area contributed by atoms with Gasteiger partial charge in [-0.25, -0.2) is 4.39 Å². The summed E-state index contributed by atoms with van der Waals surface area (Å²) in [6.45, 7) is 2.06. The maximum atomic E-state index is 13.7. The Bertz CT molecular complexity index is 487. The van der Waals surface area contributed by atoms with Crippen molar-refractivity contribution in [2.75, 3.05) is 25.7 Å². The van der Waals surface area contributed by atoms with Gasteiger partial charge in [0.2, 0.25) is 0 Å². The van der Waals surface area contributed by atoms with Crippen molar-refractivity contribution in [1.82, 2.24) is 0 Å². The molecule has 1 heterocycles. The van der Waals surface area contributed by atoms with Gasteiger partial charge in [0, 0.05) is 31.1 Å². The summed E-state index contributed by atoms with van der Waals surface area (Å²) in [7, 11) is 0. The summed E-state index contributed by atoms with van der Waals surface area (Å²) in [4.78, 5) is 0. The molecule has 1 aliphatic rings. The van der Waals surface area contributed by atoms with Crippen LogP contribution in [0.5, 0.6) is 5.75 Å². The Morgan fingerprint density at radius 1 is 1.35 bits per heavy atom. The van der Waals surface area contributed by atoms with Crippen LogP contribution < -0.4 is 4.74 Å². The summed E-state index contributed by atoms with van der Waals surface area (Å²) in [6, 6.07) is 4.69. The minimum atomic E-state index is -0.347. The Morgan fingerprint density at radius 2 is 2.15 bits per heavy atom. The minimum absolute atomic E-state index is 0.272. The number of hydrogen-bond donors (Lipinski definition) is 0. The molecule has 2 rings (SSSR count). The van der Waals surface area contributed by atoms with Gasteiger partial charge in [0.1, 0.15) is 0 Å². The van der Waals surface area contributed by atoms with Crippen LogP contribution in [0, 0.1) is 23.6 Å². The molecule has 0 N–H and O–H groups in total. The first-order valence-corrected chi connectivity index (χ1v) is 7.38. The summed E-state index contributed by atoms with van der Waals surface area (Å²) in [5.74, 6) is 6.74. The standard InChI is InChI=1S/C16H18ClFO2/c17-8-2-1-3-13-4-5-15(18)16(11-13)20-12-14-6-9-19-10-7-14/h4-5,11,14H,2,6-10,12H2. The maximum absolute atomic E-state index is 13.7. The average Bonchev–Trinajstić information content (AvgIpc) is 2.49. The van der Waals surface area contributed by atoms with E-state index in [9.17, 15) is 4.39 Å². The van der Waals surface area contributed by atoms with E-state index in [0.717, 1.165) is 31.6 Å². The lowest BCUT2D eigenvalue weighted by atomic mass is 10.0. The molecule has 1 fully saturated rings. The Labute approximate surface area is 124 Å². The predicted octanol–water partition coefficient (Wildman–Crippen LogP) is 3.61. The smallest absolute Gasteiger partial charge is 0.165 e. The summed E-state index contributed by atoms with van der Waals surface area (Å²) >= 11 is 5.56. The van der Waals surface area contributed by atoms with Crippen molar-refractivity contribution in [3.05, 3.63) is 29.6 Å². The summed E-state index contributed by atoms with van der Waals surface area (Å²) in [5.41, 5.74) is 0.749. The van der Waals surface area contributed by atoms with Crippen LogP contribution in [0.4, 0.5) is 4.39 Å². The zero-order chi connectivity index (χ0) is 14.2. The van der Waals surface area contributed by atoms with Gasteiger partial charge in [0.15, 0.2) is 11.6 Å². The van der Waals surface area contributed by atoms with E-state index in [4.69, 9.17) is 21.1 Å². The van der Waals surface area contributed by atoms with E-state index in [1.165, 1.54) is 6.07 Å². The Morgan fingerprint density at radius 3 is 2.90 bits per heavy atom. The molecule has 108 valence electrons. The van der Waals surface area contributed by atoms with Crippen LogP contribution in [0.2, 0.25) is 0 Å². The monoisotopic (exact) mass is 296 g/mol. The molecule has 0 saturated carbocycles. The van der Waals surface area contributed by atoms with Crippen molar-refractivity contribution >= 4 is 11.6 Å². The van der Waals surface area contributed by atoms with Crippen molar-refractivity contribution in [2.24, 2.45) is 5.92 Å². The van der Waals surface area contributed by atoms with Crippen LogP contribution in [0.3, 0.4) is 0 Å². The molecule has 20 heavy (non-hydrogen) atoms. The number of hydrogen-bond acceptors (Lipinski definition) is 2. The molecule has 1 aliphatic heterocycles. The Kier molecular flexibility index (Phi) is 6.17.